The first-order valence-electron chi connectivity index (χ1n) is 9.84. The number of esters is 1. The van der Waals surface area contributed by atoms with E-state index < -0.39 is 5.60 Å². The van der Waals surface area contributed by atoms with Crippen molar-refractivity contribution in [2.45, 2.75) is 76.8 Å². The van der Waals surface area contributed by atoms with E-state index in [2.05, 4.69) is 27.7 Å². The summed E-state index contributed by atoms with van der Waals surface area (Å²) in [5.41, 5.74) is -0.543. The Morgan fingerprint density at radius 3 is 2.54 bits per heavy atom. The quantitative estimate of drug-likeness (QED) is 0.656. The SMILES string of the molecule is CC(C)[C@]1(O)CC[C@]2(C)C[C@@H]3O[C@]3(C)C[C@H](OC(=O)c3ccccc3)C21. The van der Waals surface area contributed by atoms with E-state index in [1.165, 1.54) is 0 Å². The Morgan fingerprint density at radius 1 is 1.19 bits per heavy atom. The van der Waals surface area contributed by atoms with Crippen molar-refractivity contribution in [3.63, 3.8) is 0 Å². The van der Waals surface area contributed by atoms with Gasteiger partial charge in [0.25, 0.3) is 0 Å². The second kappa shape index (κ2) is 5.80. The number of hydrogen-bond donors (Lipinski definition) is 1. The van der Waals surface area contributed by atoms with Gasteiger partial charge in [0.15, 0.2) is 0 Å². The molecule has 1 N–H and O–H groups in total. The second-order valence-electron chi connectivity index (χ2n) is 9.41. The maximum Gasteiger partial charge on any atom is 0.338 e. The molecule has 6 atom stereocenters. The second-order valence-corrected chi connectivity index (χ2v) is 9.41. The van der Waals surface area contributed by atoms with Crippen LogP contribution in [0.4, 0.5) is 0 Å². The molecule has 3 fully saturated rings. The fourth-order valence-electron chi connectivity index (χ4n) is 5.61. The zero-order valence-corrected chi connectivity index (χ0v) is 16.2. The molecule has 4 nitrogen and oxygen atoms in total. The summed E-state index contributed by atoms with van der Waals surface area (Å²) < 4.78 is 12.1. The van der Waals surface area contributed by atoms with Crippen LogP contribution in [-0.2, 0) is 9.47 Å². The van der Waals surface area contributed by atoms with E-state index in [-0.39, 0.29) is 41.0 Å². The third kappa shape index (κ3) is 2.69. The van der Waals surface area contributed by atoms with Crippen LogP contribution in [0, 0.1) is 17.3 Å². The normalized spacial score (nSPS) is 44.2. The highest BCUT2D eigenvalue weighted by atomic mass is 16.6. The van der Waals surface area contributed by atoms with Crippen molar-refractivity contribution in [2.75, 3.05) is 0 Å². The molecule has 0 bridgehead atoms. The Balaban J connectivity index is 1.68. The van der Waals surface area contributed by atoms with Crippen LogP contribution >= 0.6 is 0 Å². The largest absolute Gasteiger partial charge is 0.458 e. The van der Waals surface area contributed by atoms with Crippen LogP contribution in [-0.4, -0.2) is 34.5 Å². The Bertz CT molecular complexity index is 701. The monoisotopic (exact) mass is 358 g/mol. The summed E-state index contributed by atoms with van der Waals surface area (Å²) in [5, 5.41) is 11.6. The van der Waals surface area contributed by atoms with E-state index in [9.17, 15) is 9.90 Å². The highest BCUT2D eigenvalue weighted by molar-refractivity contribution is 5.89. The van der Waals surface area contributed by atoms with Crippen molar-refractivity contribution in [1.29, 1.82) is 0 Å². The van der Waals surface area contributed by atoms with Crippen molar-refractivity contribution in [3.05, 3.63) is 35.9 Å². The molecule has 1 heterocycles. The first-order chi connectivity index (χ1) is 12.2. The summed E-state index contributed by atoms with van der Waals surface area (Å²) in [4.78, 5) is 12.8. The summed E-state index contributed by atoms with van der Waals surface area (Å²) >= 11 is 0. The van der Waals surface area contributed by atoms with E-state index in [0.717, 1.165) is 19.3 Å². The zero-order chi connectivity index (χ0) is 18.7. The van der Waals surface area contributed by atoms with Crippen LogP contribution in [0.15, 0.2) is 30.3 Å². The van der Waals surface area contributed by atoms with Crippen molar-refractivity contribution in [2.24, 2.45) is 17.3 Å². The molecule has 2 saturated carbocycles. The minimum atomic E-state index is -0.802. The molecule has 1 aromatic rings. The highest BCUT2D eigenvalue weighted by Gasteiger charge is 2.68. The van der Waals surface area contributed by atoms with Gasteiger partial charge in [0, 0.05) is 12.3 Å². The molecular formula is C22H30O4. The van der Waals surface area contributed by atoms with Gasteiger partial charge < -0.3 is 14.6 Å². The lowest BCUT2D eigenvalue weighted by Gasteiger charge is -2.44. The van der Waals surface area contributed by atoms with Crippen LogP contribution in [0.1, 0.15) is 63.7 Å². The fraction of sp³-hybridized carbons (Fsp3) is 0.682. The lowest BCUT2D eigenvalue weighted by atomic mass is 9.67. The number of fused-ring (bicyclic) bond motifs is 2. The summed E-state index contributed by atoms with van der Waals surface area (Å²) in [5.74, 6) is -0.245. The molecule has 1 aromatic carbocycles. The maximum atomic E-state index is 12.8. The Hall–Kier alpha value is -1.39. The molecule has 26 heavy (non-hydrogen) atoms. The Kier molecular flexibility index (Phi) is 4.02. The van der Waals surface area contributed by atoms with Gasteiger partial charge in [-0.2, -0.15) is 0 Å². The van der Waals surface area contributed by atoms with Gasteiger partial charge in [0.1, 0.15) is 6.10 Å². The number of benzene rings is 1. The summed E-state index contributed by atoms with van der Waals surface area (Å²) in [6.45, 7) is 8.51. The van der Waals surface area contributed by atoms with Crippen molar-refractivity contribution >= 4 is 5.97 Å². The van der Waals surface area contributed by atoms with Crippen LogP contribution in [0.25, 0.3) is 0 Å². The van der Waals surface area contributed by atoms with E-state index in [1.54, 1.807) is 12.1 Å². The van der Waals surface area contributed by atoms with Gasteiger partial charge in [-0.3, -0.25) is 0 Å². The number of aliphatic hydroxyl groups is 1. The van der Waals surface area contributed by atoms with Crippen LogP contribution < -0.4 is 0 Å². The maximum absolute atomic E-state index is 12.8. The van der Waals surface area contributed by atoms with Crippen LogP contribution in [0.3, 0.4) is 0 Å². The average Bonchev–Trinajstić information content (AvgIpc) is 3.13. The van der Waals surface area contributed by atoms with Gasteiger partial charge >= 0.3 is 5.97 Å². The van der Waals surface area contributed by atoms with Gasteiger partial charge in [-0.25, -0.2) is 4.79 Å². The molecule has 0 amide bonds. The number of ether oxygens (including phenoxy) is 2. The first kappa shape index (κ1) is 18.0. The van der Waals surface area contributed by atoms with Crippen LogP contribution in [0.2, 0.25) is 0 Å². The summed E-state index contributed by atoms with van der Waals surface area (Å²) in [6.07, 6.45) is 3.18. The van der Waals surface area contributed by atoms with Gasteiger partial charge in [-0.05, 0) is 49.7 Å². The van der Waals surface area contributed by atoms with Crippen molar-refractivity contribution in [3.8, 4) is 0 Å². The molecule has 3 aliphatic rings. The summed E-state index contributed by atoms with van der Waals surface area (Å²) in [7, 11) is 0. The minimum Gasteiger partial charge on any atom is -0.458 e. The molecular weight excluding hydrogens is 328 g/mol. The number of epoxide rings is 1. The van der Waals surface area contributed by atoms with E-state index in [0.29, 0.717) is 12.0 Å². The molecule has 142 valence electrons. The third-order valence-corrected chi connectivity index (χ3v) is 7.32. The molecule has 4 rings (SSSR count). The number of hydrogen-bond acceptors (Lipinski definition) is 4. The minimum absolute atomic E-state index is 0.0594. The standard InChI is InChI=1S/C22H30O4/c1-14(2)22(24)11-10-20(3)13-17-21(4,26-17)12-16(18(20)22)25-19(23)15-8-6-5-7-9-15/h5-9,14,16-18,24H,10-13H2,1-4H3/t16-,17-,18?,20+,21+,22+/m0/s1. The zero-order valence-electron chi connectivity index (χ0n) is 16.2. The molecule has 0 radical (unpaired) electrons. The molecule has 0 spiro atoms. The van der Waals surface area contributed by atoms with Gasteiger partial charge in [-0.15, -0.1) is 0 Å². The Labute approximate surface area is 155 Å². The predicted octanol–water partition coefficient (Wildman–Crippen LogP) is 3.97. The molecule has 0 aromatic heterocycles. The first-order valence-corrected chi connectivity index (χ1v) is 9.84. The average molecular weight is 358 g/mol. The van der Waals surface area contributed by atoms with Gasteiger partial charge in [0.2, 0.25) is 0 Å². The number of carbonyl (C=O) groups is 1. The number of carbonyl (C=O) groups excluding carboxylic acids is 1. The van der Waals surface area contributed by atoms with Gasteiger partial charge in [-0.1, -0.05) is 39.0 Å². The lowest BCUT2D eigenvalue weighted by molar-refractivity contribution is -0.120. The smallest absolute Gasteiger partial charge is 0.338 e. The fourth-order valence-corrected chi connectivity index (χ4v) is 5.61. The third-order valence-electron chi connectivity index (χ3n) is 7.32. The lowest BCUT2D eigenvalue weighted by Crippen LogP contribution is -2.50. The van der Waals surface area contributed by atoms with E-state index in [1.807, 2.05) is 18.2 Å². The van der Waals surface area contributed by atoms with Gasteiger partial charge in [0.05, 0.1) is 22.9 Å². The molecule has 2 aliphatic carbocycles. The topological polar surface area (TPSA) is 59.1 Å². The molecule has 1 aliphatic heterocycles. The molecule has 4 heteroatoms. The van der Waals surface area contributed by atoms with E-state index >= 15 is 0 Å². The molecule has 1 unspecified atom stereocenters. The van der Waals surface area contributed by atoms with Crippen molar-refractivity contribution < 1.29 is 19.4 Å². The summed E-state index contributed by atoms with van der Waals surface area (Å²) in [6, 6.07) is 9.13. The Morgan fingerprint density at radius 2 is 1.88 bits per heavy atom. The number of rotatable bonds is 3. The van der Waals surface area contributed by atoms with E-state index in [4.69, 9.17) is 9.47 Å². The molecule has 1 saturated heterocycles. The van der Waals surface area contributed by atoms with Crippen LogP contribution in [0.5, 0.6) is 0 Å². The van der Waals surface area contributed by atoms with Crippen molar-refractivity contribution in [1.82, 2.24) is 0 Å². The highest BCUT2D eigenvalue weighted by Crippen LogP contribution is 2.63. The predicted molar refractivity (Wildman–Crippen MR) is 98.8 cm³/mol.